The van der Waals surface area contributed by atoms with E-state index >= 15 is 0 Å². The lowest BCUT2D eigenvalue weighted by Crippen LogP contribution is -2.53. The van der Waals surface area contributed by atoms with Gasteiger partial charge in [-0.2, -0.15) is 0 Å². The summed E-state index contributed by atoms with van der Waals surface area (Å²) in [6.45, 7) is 0.0554. The molecule has 1 aliphatic heterocycles. The second-order valence-electron chi connectivity index (χ2n) is 4.42. The Labute approximate surface area is 114 Å². The molecule has 1 aromatic rings. The molecule has 4 atom stereocenters. The largest absolute Gasteiger partial charge is 0.388 e. The molecule has 1 unspecified atom stereocenters. The van der Waals surface area contributed by atoms with Crippen LogP contribution in [-0.2, 0) is 16.1 Å². The topological polar surface area (TPSA) is 128 Å². The zero-order valence-electron chi connectivity index (χ0n) is 10.5. The van der Waals surface area contributed by atoms with Gasteiger partial charge in [-0.3, -0.25) is 0 Å². The van der Waals surface area contributed by atoms with Crippen molar-refractivity contribution < 1.29 is 24.8 Å². The Morgan fingerprint density at radius 2 is 1.95 bits per heavy atom. The van der Waals surface area contributed by atoms with Crippen molar-refractivity contribution in [3.05, 3.63) is 40.3 Å². The molecule has 1 aliphatic rings. The van der Waals surface area contributed by atoms with E-state index in [4.69, 9.17) is 15.0 Å². The fourth-order valence-corrected chi connectivity index (χ4v) is 1.81. The average molecular weight is 281 g/mol. The van der Waals surface area contributed by atoms with Crippen molar-refractivity contribution in [3.8, 4) is 0 Å². The highest BCUT2D eigenvalue weighted by atomic mass is 16.7. The normalized spacial score (nSPS) is 29.8. The van der Waals surface area contributed by atoms with Crippen LogP contribution in [0.2, 0.25) is 0 Å². The number of ether oxygens (including phenoxy) is 2. The van der Waals surface area contributed by atoms with E-state index in [-0.39, 0.29) is 13.2 Å². The van der Waals surface area contributed by atoms with Gasteiger partial charge in [0.15, 0.2) is 6.29 Å². The minimum absolute atomic E-state index is 0.0985. The molecule has 2 rings (SSSR count). The predicted octanol–water partition coefficient (Wildman–Crippen LogP) is 0.584. The number of hydrogen-bond donors (Lipinski definition) is 3. The quantitative estimate of drug-likeness (QED) is 0.422. The average Bonchev–Trinajstić information content (AvgIpc) is 2.46. The highest BCUT2D eigenvalue weighted by Crippen LogP contribution is 2.19. The van der Waals surface area contributed by atoms with E-state index in [1.165, 1.54) is 0 Å². The first kappa shape index (κ1) is 14.7. The molecule has 1 aromatic carbocycles. The number of aliphatic hydroxyl groups is 3. The Kier molecular flexibility index (Phi) is 4.91. The molecule has 0 aliphatic carbocycles. The number of aliphatic hydroxyl groups excluding tert-OH is 3. The van der Waals surface area contributed by atoms with Gasteiger partial charge >= 0.3 is 0 Å². The van der Waals surface area contributed by atoms with Gasteiger partial charge in [0.2, 0.25) is 0 Å². The molecule has 1 fully saturated rings. The molecule has 20 heavy (non-hydrogen) atoms. The number of azide groups is 1. The van der Waals surface area contributed by atoms with Crippen molar-refractivity contribution >= 4 is 5.69 Å². The van der Waals surface area contributed by atoms with Crippen LogP contribution in [-0.4, -0.2) is 46.5 Å². The number of benzene rings is 1. The van der Waals surface area contributed by atoms with Crippen LogP contribution in [0.5, 0.6) is 0 Å². The maximum Gasteiger partial charge on any atom is 0.186 e. The Morgan fingerprint density at radius 1 is 1.25 bits per heavy atom. The zero-order valence-corrected chi connectivity index (χ0v) is 10.5. The molecule has 3 N–H and O–H groups in total. The van der Waals surface area contributed by atoms with Crippen LogP contribution < -0.4 is 0 Å². The van der Waals surface area contributed by atoms with Crippen LogP contribution in [0.4, 0.5) is 5.69 Å². The molecular weight excluding hydrogens is 266 g/mol. The van der Waals surface area contributed by atoms with Gasteiger partial charge < -0.3 is 24.8 Å². The summed E-state index contributed by atoms with van der Waals surface area (Å²) in [7, 11) is 0. The van der Waals surface area contributed by atoms with Gasteiger partial charge in [-0.15, -0.1) is 0 Å². The van der Waals surface area contributed by atoms with E-state index in [1.807, 2.05) is 0 Å². The van der Waals surface area contributed by atoms with E-state index in [1.54, 1.807) is 24.3 Å². The smallest absolute Gasteiger partial charge is 0.186 e. The third-order valence-electron chi connectivity index (χ3n) is 2.97. The van der Waals surface area contributed by atoms with Crippen molar-refractivity contribution in [2.24, 2.45) is 5.11 Å². The first-order valence-corrected chi connectivity index (χ1v) is 6.03. The lowest BCUT2D eigenvalue weighted by Gasteiger charge is -2.34. The van der Waals surface area contributed by atoms with Crippen LogP contribution >= 0.6 is 0 Å². The van der Waals surface area contributed by atoms with Gasteiger partial charge in [-0.05, 0) is 11.1 Å². The maximum atomic E-state index is 9.68. The highest BCUT2D eigenvalue weighted by molar-refractivity contribution is 5.38. The molecule has 8 nitrogen and oxygen atoms in total. The fraction of sp³-hybridized carbons (Fsp3) is 0.500. The Bertz CT molecular complexity index is 488. The molecule has 1 heterocycles. The van der Waals surface area contributed by atoms with Gasteiger partial charge in [0.05, 0.1) is 13.2 Å². The van der Waals surface area contributed by atoms with Crippen LogP contribution in [0.3, 0.4) is 0 Å². The molecule has 108 valence electrons. The molecule has 0 spiro atoms. The fourth-order valence-electron chi connectivity index (χ4n) is 1.81. The third-order valence-corrected chi connectivity index (χ3v) is 2.97. The third kappa shape index (κ3) is 3.45. The minimum atomic E-state index is -1.30. The van der Waals surface area contributed by atoms with Gasteiger partial charge in [-0.1, -0.05) is 29.4 Å². The molecule has 0 bridgehead atoms. The number of rotatable bonds is 4. The SMILES string of the molecule is [N-]=[N+]=Nc1ccc(COC2OC[C@@H](O)[C@H](O)[C@@H]2O)cc1. The maximum absolute atomic E-state index is 9.68. The van der Waals surface area contributed by atoms with Gasteiger partial charge in [-0.25, -0.2) is 0 Å². The first-order valence-electron chi connectivity index (χ1n) is 6.03. The van der Waals surface area contributed by atoms with Crippen molar-refractivity contribution in [1.82, 2.24) is 0 Å². The van der Waals surface area contributed by atoms with Gasteiger partial charge in [0.25, 0.3) is 0 Å². The van der Waals surface area contributed by atoms with E-state index in [9.17, 15) is 15.3 Å². The second-order valence-corrected chi connectivity index (χ2v) is 4.42. The summed E-state index contributed by atoms with van der Waals surface area (Å²) >= 11 is 0. The Morgan fingerprint density at radius 3 is 2.60 bits per heavy atom. The van der Waals surface area contributed by atoms with Crippen molar-refractivity contribution in [3.63, 3.8) is 0 Å². The molecule has 0 aromatic heterocycles. The number of hydrogen-bond acceptors (Lipinski definition) is 6. The lowest BCUT2D eigenvalue weighted by molar-refractivity contribution is -0.273. The summed E-state index contributed by atoms with van der Waals surface area (Å²) in [5.74, 6) is 0. The van der Waals surface area contributed by atoms with Crippen LogP contribution in [0.25, 0.3) is 10.4 Å². The van der Waals surface area contributed by atoms with E-state index in [0.29, 0.717) is 5.69 Å². The molecule has 8 heteroatoms. The van der Waals surface area contributed by atoms with Crippen molar-refractivity contribution in [2.75, 3.05) is 6.61 Å². The second kappa shape index (κ2) is 6.67. The summed E-state index contributed by atoms with van der Waals surface area (Å²) < 4.78 is 10.5. The molecular formula is C12H15N3O5. The van der Waals surface area contributed by atoms with Crippen molar-refractivity contribution in [1.29, 1.82) is 0 Å². The van der Waals surface area contributed by atoms with E-state index in [2.05, 4.69) is 10.0 Å². The zero-order chi connectivity index (χ0) is 14.5. The highest BCUT2D eigenvalue weighted by Gasteiger charge is 2.38. The van der Waals surface area contributed by atoms with E-state index in [0.717, 1.165) is 5.56 Å². The summed E-state index contributed by atoms with van der Waals surface area (Å²) in [6, 6.07) is 6.69. The predicted molar refractivity (Wildman–Crippen MR) is 67.8 cm³/mol. The van der Waals surface area contributed by atoms with Crippen LogP contribution in [0.1, 0.15) is 5.56 Å². The monoisotopic (exact) mass is 281 g/mol. The van der Waals surface area contributed by atoms with Crippen LogP contribution in [0, 0.1) is 0 Å². The van der Waals surface area contributed by atoms with Gasteiger partial charge in [0.1, 0.15) is 18.3 Å². The number of nitrogens with zero attached hydrogens (tertiary/aromatic N) is 3. The summed E-state index contributed by atoms with van der Waals surface area (Å²) in [5.41, 5.74) is 9.56. The molecule has 1 saturated heterocycles. The summed E-state index contributed by atoms with van der Waals surface area (Å²) in [6.07, 6.45) is -4.71. The summed E-state index contributed by atoms with van der Waals surface area (Å²) in [5, 5.41) is 31.9. The standard InChI is InChI=1S/C12H15N3O5/c13-15-14-8-3-1-7(2-4-8)5-19-12-11(18)10(17)9(16)6-20-12/h1-4,9-12,16-18H,5-6H2/t9-,10+,11+,12?/m1/s1. The van der Waals surface area contributed by atoms with Crippen LogP contribution in [0.15, 0.2) is 29.4 Å². The van der Waals surface area contributed by atoms with E-state index < -0.39 is 24.6 Å². The molecule has 0 radical (unpaired) electrons. The molecule has 0 amide bonds. The van der Waals surface area contributed by atoms with Gasteiger partial charge in [0, 0.05) is 10.6 Å². The Balaban J connectivity index is 1.90. The summed E-state index contributed by atoms with van der Waals surface area (Å²) in [4.78, 5) is 2.67. The Hall–Kier alpha value is -1.67. The van der Waals surface area contributed by atoms with Crippen molar-refractivity contribution in [2.45, 2.75) is 31.2 Å². The lowest BCUT2D eigenvalue weighted by atomic mass is 10.1. The minimum Gasteiger partial charge on any atom is -0.388 e. The molecule has 0 saturated carbocycles. The first-order chi connectivity index (χ1) is 9.61.